The minimum Gasteiger partial charge on any atom is -0.494 e. The van der Waals surface area contributed by atoms with Crippen molar-refractivity contribution in [1.29, 1.82) is 0 Å². The molecule has 8 nitrogen and oxygen atoms in total. The van der Waals surface area contributed by atoms with Gasteiger partial charge in [0.05, 0.1) is 28.7 Å². The molecule has 34 heavy (non-hydrogen) atoms. The third-order valence-electron chi connectivity index (χ3n) is 5.13. The van der Waals surface area contributed by atoms with Gasteiger partial charge >= 0.3 is 0 Å². The van der Waals surface area contributed by atoms with Crippen LogP contribution in [-0.2, 0) is 0 Å². The summed E-state index contributed by atoms with van der Waals surface area (Å²) in [7, 11) is 2.39. The van der Waals surface area contributed by atoms with Crippen LogP contribution in [0.25, 0.3) is 10.1 Å². The van der Waals surface area contributed by atoms with Crippen LogP contribution in [0.5, 0.6) is 11.5 Å². The summed E-state index contributed by atoms with van der Waals surface area (Å²) in [6.45, 7) is 1.72. The molecule has 0 saturated carbocycles. The van der Waals surface area contributed by atoms with Crippen molar-refractivity contribution < 1.29 is 28.0 Å². The van der Waals surface area contributed by atoms with Gasteiger partial charge in [-0.15, -0.1) is 11.3 Å². The molecule has 2 aromatic heterocycles. The smallest absolute Gasteiger partial charge is 0.292 e. The van der Waals surface area contributed by atoms with Gasteiger partial charge in [0.15, 0.2) is 23.1 Å². The summed E-state index contributed by atoms with van der Waals surface area (Å²) in [5.41, 5.74) is 0.0410. The zero-order valence-corrected chi connectivity index (χ0v) is 19.0. The molecule has 174 valence electrons. The Labute approximate surface area is 195 Å². The highest BCUT2D eigenvalue weighted by Gasteiger charge is 2.27. The zero-order chi connectivity index (χ0) is 24.6. The maximum atomic E-state index is 14.8. The predicted molar refractivity (Wildman–Crippen MR) is 124 cm³/mol. The van der Waals surface area contributed by atoms with Crippen LogP contribution in [0.4, 0.5) is 26.0 Å². The first-order chi connectivity index (χ1) is 16.2. The third-order valence-corrected chi connectivity index (χ3v) is 6.21. The number of carbonyl (C=O) groups excluding carboxylic acids is 1. The highest BCUT2D eigenvalue weighted by atomic mass is 32.1. The lowest BCUT2D eigenvalue weighted by atomic mass is 10.1. The second-order valence-corrected chi connectivity index (χ2v) is 8.27. The molecule has 0 radical (unpaired) electrons. The molecule has 0 amide bonds. The van der Waals surface area contributed by atoms with Crippen LogP contribution in [0.1, 0.15) is 20.8 Å². The number of aromatic nitrogens is 1. The maximum Gasteiger partial charge on any atom is 0.292 e. The molecule has 4 aromatic rings. The van der Waals surface area contributed by atoms with E-state index in [-0.39, 0.29) is 22.1 Å². The van der Waals surface area contributed by atoms with Crippen LogP contribution in [-0.4, -0.2) is 29.9 Å². The number of ketones is 1. The molecular weight excluding hydrogens is 468 g/mol. The van der Waals surface area contributed by atoms with Crippen molar-refractivity contribution in [2.45, 2.75) is 6.92 Å². The number of nitrogens with zero attached hydrogens (tertiary/aromatic N) is 2. The second-order valence-electron chi connectivity index (χ2n) is 7.18. The van der Waals surface area contributed by atoms with Crippen LogP contribution in [0.3, 0.4) is 0 Å². The first kappa shape index (κ1) is 23.1. The highest BCUT2D eigenvalue weighted by Crippen LogP contribution is 2.36. The van der Waals surface area contributed by atoms with Crippen molar-refractivity contribution in [3.8, 4) is 11.5 Å². The summed E-state index contributed by atoms with van der Waals surface area (Å²) < 4.78 is 39.9. The van der Waals surface area contributed by atoms with Gasteiger partial charge in [0.2, 0.25) is 5.78 Å². The fourth-order valence-electron chi connectivity index (χ4n) is 3.43. The molecule has 11 heteroatoms. The van der Waals surface area contributed by atoms with E-state index in [9.17, 15) is 23.7 Å². The van der Waals surface area contributed by atoms with Gasteiger partial charge in [-0.3, -0.25) is 14.9 Å². The Balaban J connectivity index is 1.74. The van der Waals surface area contributed by atoms with E-state index in [1.165, 1.54) is 32.5 Å². The average molecular weight is 485 g/mol. The van der Waals surface area contributed by atoms with E-state index in [0.29, 0.717) is 27.2 Å². The zero-order valence-electron chi connectivity index (χ0n) is 18.1. The van der Waals surface area contributed by atoms with Gasteiger partial charge in [-0.05, 0) is 30.0 Å². The van der Waals surface area contributed by atoms with E-state index in [1.807, 2.05) is 0 Å². The Morgan fingerprint density at radius 3 is 2.41 bits per heavy atom. The number of nitro groups is 1. The number of fused-ring (bicyclic) bond motifs is 1. The summed E-state index contributed by atoms with van der Waals surface area (Å²) in [6, 6.07) is 8.78. The van der Waals surface area contributed by atoms with Gasteiger partial charge in [0.1, 0.15) is 17.1 Å². The quantitative estimate of drug-likeness (QED) is 0.201. The second kappa shape index (κ2) is 9.02. The normalized spacial score (nSPS) is 10.9. The summed E-state index contributed by atoms with van der Waals surface area (Å²) in [4.78, 5) is 28.2. The van der Waals surface area contributed by atoms with Crippen molar-refractivity contribution in [3.05, 3.63) is 80.3 Å². The molecule has 2 aromatic carbocycles. The van der Waals surface area contributed by atoms with Gasteiger partial charge in [-0.2, -0.15) is 0 Å². The Morgan fingerprint density at radius 2 is 1.79 bits per heavy atom. The molecule has 0 fully saturated rings. The number of aryl methyl sites for hydroxylation is 1. The lowest BCUT2D eigenvalue weighted by Crippen LogP contribution is -2.09. The summed E-state index contributed by atoms with van der Waals surface area (Å²) in [5.74, 6) is -3.47. The van der Waals surface area contributed by atoms with E-state index in [2.05, 4.69) is 10.3 Å². The Bertz CT molecular complexity index is 1430. The SMILES string of the molecule is COc1cc(OC)c(F)c(C(=O)c2cc3cc(Nc4c(C)cccc4[N+](=O)[O-])ncc3s2)c1F. The minimum atomic E-state index is -1.13. The van der Waals surface area contributed by atoms with Crippen LogP contribution in [0.2, 0.25) is 0 Å². The van der Waals surface area contributed by atoms with Crippen LogP contribution >= 0.6 is 11.3 Å². The molecule has 0 atom stereocenters. The Kier molecular flexibility index (Phi) is 6.12. The first-order valence-corrected chi connectivity index (χ1v) is 10.6. The van der Waals surface area contributed by atoms with Crippen molar-refractivity contribution in [3.63, 3.8) is 0 Å². The molecular formula is C23H17F2N3O5S. The lowest BCUT2D eigenvalue weighted by molar-refractivity contribution is -0.384. The number of benzene rings is 2. The first-order valence-electron chi connectivity index (χ1n) is 9.80. The number of ether oxygens (including phenoxy) is 2. The maximum absolute atomic E-state index is 14.8. The number of anilines is 2. The summed E-state index contributed by atoms with van der Waals surface area (Å²) >= 11 is 1.01. The predicted octanol–water partition coefficient (Wildman–Crippen LogP) is 5.78. The molecule has 0 saturated heterocycles. The molecule has 1 N–H and O–H groups in total. The minimum absolute atomic E-state index is 0.0731. The standard InChI is InChI=1S/C23H17F2N3O5S/c1-11-5-4-6-13(28(30)31)22(11)27-18-8-12-7-16(34-17(12)10-26-18)23(29)19-20(24)14(32-2)9-15(33-3)21(19)25/h4-10H,1-3H3,(H,26,27). The monoisotopic (exact) mass is 485 g/mol. The molecule has 0 aliphatic rings. The van der Waals surface area contributed by atoms with Gasteiger partial charge in [-0.1, -0.05) is 12.1 Å². The van der Waals surface area contributed by atoms with Crippen molar-refractivity contribution in [2.24, 2.45) is 0 Å². The van der Waals surface area contributed by atoms with Gasteiger partial charge in [0.25, 0.3) is 5.69 Å². The molecule has 0 spiro atoms. The van der Waals surface area contributed by atoms with Crippen molar-refractivity contribution in [2.75, 3.05) is 19.5 Å². The van der Waals surface area contributed by atoms with Crippen LogP contribution < -0.4 is 14.8 Å². The van der Waals surface area contributed by atoms with Crippen molar-refractivity contribution >= 4 is 44.4 Å². The number of methoxy groups -OCH3 is 2. The Hall–Kier alpha value is -4.12. The van der Waals surface area contributed by atoms with E-state index in [0.717, 1.165) is 17.4 Å². The van der Waals surface area contributed by atoms with Gasteiger partial charge in [-0.25, -0.2) is 13.8 Å². The largest absolute Gasteiger partial charge is 0.494 e. The van der Waals surface area contributed by atoms with E-state index in [1.54, 1.807) is 25.1 Å². The van der Waals surface area contributed by atoms with Gasteiger partial charge in [0, 0.05) is 18.3 Å². The number of nitro benzene ring substituents is 1. The number of hydrogen-bond donors (Lipinski definition) is 1. The van der Waals surface area contributed by atoms with E-state index >= 15 is 0 Å². The fourth-order valence-corrected chi connectivity index (χ4v) is 4.39. The molecule has 0 bridgehead atoms. The van der Waals surface area contributed by atoms with Crippen LogP contribution in [0, 0.1) is 28.7 Å². The summed E-state index contributed by atoms with van der Waals surface area (Å²) in [5, 5.41) is 14.9. The molecule has 0 aliphatic heterocycles. The number of nitrogens with one attached hydrogen (secondary N) is 1. The molecule has 2 heterocycles. The number of thiophene rings is 1. The number of carbonyl (C=O) groups is 1. The lowest BCUT2D eigenvalue weighted by Gasteiger charge is -2.11. The number of halogens is 2. The van der Waals surface area contributed by atoms with Crippen molar-refractivity contribution in [1.82, 2.24) is 4.98 Å². The third kappa shape index (κ3) is 4.01. The van der Waals surface area contributed by atoms with E-state index < -0.39 is 27.9 Å². The van der Waals surface area contributed by atoms with Crippen LogP contribution in [0.15, 0.2) is 42.6 Å². The van der Waals surface area contributed by atoms with Gasteiger partial charge < -0.3 is 14.8 Å². The highest BCUT2D eigenvalue weighted by molar-refractivity contribution is 7.21. The summed E-state index contributed by atoms with van der Waals surface area (Å²) in [6.07, 6.45) is 1.47. The number of hydrogen-bond acceptors (Lipinski definition) is 8. The Morgan fingerprint density at radius 1 is 1.12 bits per heavy atom. The molecule has 0 aliphatic carbocycles. The molecule has 0 unspecified atom stereocenters. The number of pyridine rings is 1. The topological polar surface area (TPSA) is 104 Å². The molecule has 4 rings (SSSR count). The number of rotatable bonds is 7. The fraction of sp³-hybridized carbons (Fsp3) is 0.130. The van der Waals surface area contributed by atoms with E-state index in [4.69, 9.17) is 9.47 Å². The average Bonchev–Trinajstić information content (AvgIpc) is 3.24. The number of para-hydroxylation sites is 1.